The Bertz CT molecular complexity index is 698. The van der Waals surface area contributed by atoms with Crippen molar-refractivity contribution in [2.45, 2.75) is 0 Å². The second kappa shape index (κ2) is 7.51. The molecule has 3 amide bonds. The highest BCUT2D eigenvalue weighted by atomic mass is 16.5. The summed E-state index contributed by atoms with van der Waals surface area (Å²) in [6, 6.07) is 6.05. The summed E-state index contributed by atoms with van der Waals surface area (Å²) in [6.45, 7) is 6.44. The lowest BCUT2D eigenvalue weighted by Gasteiger charge is -2.11. The number of hydrogen-bond donors (Lipinski definition) is 3. The molecule has 1 aromatic carbocycles. The number of carbonyl (C=O) groups is 2. The lowest BCUT2D eigenvalue weighted by molar-refractivity contribution is -0.825. The fourth-order valence-electron chi connectivity index (χ4n) is 1.89. The van der Waals surface area contributed by atoms with Crippen molar-refractivity contribution in [2.24, 2.45) is 5.10 Å². The lowest BCUT2D eigenvalue weighted by atomic mass is 10.2. The van der Waals surface area contributed by atoms with Crippen molar-refractivity contribution in [2.75, 3.05) is 13.3 Å². The van der Waals surface area contributed by atoms with Gasteiger partial charge in [-0.3, -0.25) is 4.79 Å². The molecule has 1 fully saturated rings. The number of ether oxygens (including phenoxy) is 1. The van der Waals surface area contributed by atoms with Crippen molar-refractivity contribution < 1.29 is 30.1 Å². The highest BCUT2D eigenvalue weighted by Gasteiger charge is 2.35. The summed E-state index contributed by atoms with van der Waals surface area (Å²) in [5.74, 6) is -0.131. The monoisotopic (exact) mass is 333 g/mol. The Kier molecular flexibility index (Phi) is 5.42. The molecule has 1 aliphatic heterocycles. The number of urea groups is 1. The quantitative estimate of drug-likeness (QED) is 0.213. The van der Waals surface area contributed by atoms with E-state index in [0.29, 0.717) is 21.9 Å². The maximum Gasteiger partial charge on any atom is 0.349 e. The normalized spacial score (nSPS) is 14.6. The van der Waals surface area contributed by atoms with E-state index < -0.39 is 18.7 Å². The summed E-state index contributed by atoms with van der Waals surface area (Å²) < 4.78 is 5.39. The molecule has 0 aliphatic carbocycles. The van der Waals surface area contributed by atoms with Gasteiger partial charge in [0.2, 0.25) is 0 Å². The molecule has 1 aromatic rings. The van der Waals surface area contributed by atoms with Crippen molar-refractivity contribution in [3.8, 4) is 0 Å². The summed E-state index contributed by atoms with van der Waals surface area (Å²) in [5.41, 5.74) is 2.29. The third kappa shape index (κ3) is 3.84. The Hall–Kier alpha value is -3.01. The van der Waals surface area contributed by atoms with Crippen LogP contribution in [0, 0.1) is 0 Å². The zero-order valence-corrected chi connectivity index (χ0v) is 12.8. The fourth-order valence-corrected chi connectivity index (χ4v) is 1.89. The van der Waals surface area contributed by atoms with Gasteiger partial charge in [-0.15, -0.1) is 0 Å². The second-order valence-corrected chi connectivity index (χ2v) is 4.79. The molecule has 1 saturated heterocycles. The van der Waals surface area contributed by atoms with Gasteiger partial charge in [0, 0.05) is 17.7 Å². The summed E-state index contributed by atoms with van der Waals surface area (Å²) in [7, 11) is 0. The second-order valence-electron chi connectivity index (χ2n) is 4.79. The first-order chi connectivity index (χ1) is 11.5. The molecule has 0 atom stereocenters. The molecule has 126 valence electrons. The standard InChI is InChI=1S/C15H16N4O5/c1-10(7-16-19-8-14(21)18(9-20)15(19)22)24-11(2)12-3-5-13(17-23)6-4-12/h3-7,17,20,23H,1-2,8-9H2/p+1/b16-7+. The predicted octanol–water partition coefficient (Wildman–Crippen LogP) is -0.0285. The minimum atomic E-state index is -0.721. The van der Waals surface area contributed by atoms with Crippen molar-refractivity contribution in [1.82, 2.24) is 9.91 Å². The van der Waals surface area contributed by atoms with Gasteiger partial charge in [-0.1, -0.05) is 13.2 Å². The smallest absolute Gasteiger partial charge is 0.349 e. The van der Waals surface area contributed by atoms with Gasteiger partial charge in [-0.2, -0.15) is 10.6 Å². The van der Waals surface area contributed by atoms with E-state index in [1.54, 1.807) is 24.3 Å². The Labute approximate surface area is 137 Å². The average molecular weight is 333 g/mol. The number of nitrogens with zero attached hydrogens (tertiary/aromatic N) is 3. The molecular weight excluding hydrogens is 316 g/mol. The van der Waals surface area contributed by atoms with E-state index in [4.69, 9.17) is 15.1 Å². The number of carbonyl (C=O) groups excluding carboxylic acids is 2. The van der Waals surface area contributed by atoms with Crippen LogP contribution in [0.5, 0.6) is 0 Å². The van der Waals surface area contributed by atoms with E-state index in [0.717, 1.165) is 10.5 Å². The van der Waals surface area contributed by atoms with Gasteiger partial charge in [0.25, 0.3) is 5.91 Å². The zero-order chi connectivity index (χ0) is 17.7. The van der Waals surface area contributed by atoms with Crippen LogP contribution >= 0.6 is 0 Å². The largest absolute Gasteiger partial charge is 0.456 e. The predicted molar refractivity (Wildman–Crippen MR) is 83.6 cm³/mol. The number of hydrogen-bond acceptors (Lipinski definition) is 6. The first-order valence-corrected chi connectivity index (χ1v) is 6.86. The van der Waals surface area contributed by atoms with Crippen molar-refractivity contribution in [1.29, 1.82) is 0 Å². The molecule has 1 aliphatic rings. The van der Waals surface area contributed by atoms with Gasteiger partial charge in [0.1, 0.15) is 24.8 Å². The Morgan fingerprint density at radius 2 is 2.00 bits per heavy atom. The van der Waals surface area contributed by atoms with Crippen molar-refractivity contribution in [3.63, 3.8) is 0 Å². The van der Waals surface area contributed by atoms with Gasteiger partial charge in [-0.05, 0) is 12.1 Å². The van der Waals surface area contributed by atoms with Crippen LogP contribution in [-0.2, 0) is 9.53 Å². The number of benzene rings is 1. The number of hydrazone groups is 1. The molecule has 0 spiro atoms. The van der Waals surface area contributed by atoms with Crippen LogP contribution in [0.2, 0.25) is 0 Å². The third-order valence-electron chi connectivity index (χ3n) is 3.16. The van der Waals surface area contributed by atoms with Gasteiger partial charge in [0.15, 0.2) is 5.69 Å². The first kappa shape index (κ1) is 17.3. The number of imide groups is 1. The highest BCUT2D eigenvalue weighted by molar-refractivity contribution is 6.02. The molecule has 0 unspecified atom stereocenters. The zero-order valence-electron chi connectivity index (χ0n) is 12.8. The number of allylic oxidation sites excluding steroid dienone is 1. The van der Waals surface area contributed by atoms with E-state index in [1.165, 1.54) is 6.21 Å². The van der Waals surface area contributed by atoms with E-state index in [-0.39, 0.29) is 12.3 Å². The van der Waals surface area contributed by atoms with E-state index in [2.05, 4.69) is 18.3 Å². The van der Waals surface area contributed by atoms with E-state index in [1.807, 2.05) is 0 Å². The summed E-state index contributed by atoms with van der Waals surface area (Å²) in [6.07, 6.45) is 1.17. The minimum absolute atomic E-state index is 0.112. The van der Waals surface area contributed by atoms with Crippen molar-refractivity contribution >= 4 is 29.6 Å². The summed E-state index contributed by atoms with van der Waals surface area (Å²) in [5, 5.41) is 22.5. The number of aliphatic hydroxyl groups excluding tert-OH is 1. The van der Waals surface area contributed by atoms with Gasteiger partial charge in [-0.25, -0.2) is 19.9 Å². The van der Waals surface area contributed by atoms with Gasteiger partial charge in [0.05, 0.1) is 6.21 Å². The topological polar surface area (TPSA) is 119 Å². The van der Waals surface area contributed by atoms with Gasteiger partial charge >= 0.3 is 6.03 Å². The molecule has 9 nitrogen and oxygen atoms in total. The van der Waals surface area contributed by atoms with E-state index >= 15 is 0 Å². The summed E-state index contributed by atoms with van der Waals surface area (Å²) >= 11 is 0. The Morgan fingerprint density at radius 3 is 2.54 bits per heavy atom. The van der Waals surface area contributed by atoms with Crippen LogP contribution in [0.3, 0.4) is 0 Å². The maximum absolute atomic E-state index is 11.7. The van der Waals surface area contributed by atoms with Crippen LogP contribution in [-0.4, -0.2) is 51.7 Å². The van der Waals surface area contributed by atoms with Crippen LogP contribution in [0.1, 0.15) is 5.56 Å². The third-order valence-corrected chi connectivity index (χ3v) is 3.16. The van der Waals surface area contributed by atoms with Crippen LogP contribution in [0.4, 0.5) is 10.5 Å². The number of aliphatic hydroxyl groups is 1. The van der Waals surface area contributed by atoms with Crippen LogP contribution in [0.15, 0.2) is 48.3 Å². The SMILES string of the molecule is C=C(/C=N/N1CC(=O)N(CO)C1=O)OC(=C)c1ccc([NH2+]O)cc1. The molecule has 0 saturated carbocycles. The molecule has 4 N–H and O–H groups in total. The number of nitrogens with two attached hydrogens (primary N) is 1. The average Bonchev–Trinajstić information content (AvgIpc) is 2.86. The van der Waals surface area contributed by atoms with Crippen LogP contribution in [0.25, 0.3) is 5.76 Å². The number of amides is 3. The fraction of sp³-hybridized carbons (Fsp3) is 0.133. The van der Waals surface area contributed by atoms with Crippen LogP contribution < -0.4 is 5.48 Å². The molecule has 0 aromatic heterocycles. The van der Waals surface area contributed by atoms with Gasteiger partial charge < -0.3 is 9.84 Å². The Morgan fingerprint density at radius 1 is 1.33 bits per heavy atom. The molecule has 1 heterocycles. The minimum Gasteiger partial charge on any atom is -0.456 e. The maximum atomic E-state index is 11.7. The molecule has 2 rings (SSSR count). The molecule has 9 heteroatoms. The lowest BCUT2D eigenvalue weighted by Crippen LogP contribution is -2.73. The number of rotatable bonds is 7. The first-order valence-electron chi connectivity index (χ1n) is 6.86. The Balaban J connectivity index is 1.94. The number of quaternary nitrogens is 1. The van der Waals surface area contributed by atoms with Crippen molar-refractivity contribution in [3.05, 3.63) is 48.7 Å². The van der Waals surface area contributed by atoms with E-state index in [9.17, 15) is 9.59 Å². The molecule has 0 bridgehead atoms. The highest BCUT2D eigenvalue weighted by Crippen LogP contribution is 2.17. The summed E-state index contributed by atoms with van der Waals surface area (Å²) in [4.78, 5) is 23.8. The molecular formula is C15H17N4O5+. The molecule has 0 radical (unpaired) electrons. The molecule has 24 heavy (non-hydrogen) atoms.